The molecule has 0 aromatic heterocycles. The molecule has 0 saturated carbocycles. The van der Waals surface area contributed by atoms with Gasteiger partial charge in [-0.25, -0.2) is 0 Å². The molecule has 0 atom stereocenters. The molecule has 0 amide bonds. The van der Waals surface area contributed by atoms with Crippen LogP contribution in [0.4, 0.5) is 0 Å². The standard InChI is InChI=1S/C14H14ClNO/c15-13-3-1-2-12(8-13)10-16-9-11-4-6-14(17)7-5-11/h1-8,16-17H,9-10H2. The molecule has 0 aliphatic carbocycles. The summed E-state index contributed by atoms with van der Waals surface area (Å²) in [5.74, 6) is 0.295. The fourth-order valence-electron chi connectivity index (χ4n) is 1.61. The summed E-state index contributed by atoms with van der Waals surface area (Å²) in [7, 11) is 0. The fourth-order valence-corrected chi connectivity index (χ4v) is 1.82. The van der Waals surface area contributed by atoms with E-state index in [2.05, 4.69) is 5.32 Å². The van der Waals surface area contributed by atoms with Crippen LogP contribution in [-0.4, -0.2) is 5.11 Å². The molecule has 2 N–H and O–H groups in total. The molecule has 0 spiro atoms. The van der Waals surface area contributed by atoms with Crippen LogP contribution in [0.1, 0.15) is 11.1 Å². The van der Waals surface area contributed by atoms with Crippen LogP contribution in [0.3, 0.4) is 0 Å². The summed E-state index contributed by atoms with van der Waals surface area (Å²) in [5.41, 5.74) is 2.31. The molecule has 0 aliphatic heterocycles. The first-order chi connectivity index (χ1) is 8.24. The van der Waals surface area contributed by atoms with Crippen LogP contribution >= 0.6 is 11.6 Å². The maximum Gasteiger partial charge on any atom is 0.115 e. The van der Waals surface area contributed by atoms with Gasteiger partial charge in [-0.1, -0.05) is 35.9 Å². The number of benzene rings is 2. The summed E-state index contributed by atoms with van der Waals surface area (Å²) in [6, 6.07) is 15.0. The van der Waals surface area contributed by atoms with E-state index < -0.39 is 0 Å². The number of phenolic OH excluding ortho intramolecular Hbond substituents is 1. The van der Waals surface area contributed by atoms with Crippen molar-refractivity contribution in [1.29, 1.82) is 0 Å². The number of phenols is 1. The smallest absolute Gasteiger partial charge is 0.115 e. The topological polar surface area (TPSA) is 32.3 Å². The lowest BCUT2D eigenvalue weighted by molar-refractivity contribution is 0.475. The summed E-state index contributed by atoms with van der Waals surface area (Å²) in [4.78, 5) is 0. The van der Waals surface area contributed by atoms with Crippen LogP contribution < -0.4 is 5.32 Å². The van der Waals surface area contributed by atoms with E-state index in [-0.39, 0.29) is 0 Å². The molecule has 2 nitrogen and oxygen atoms in total. The van der Waals surface area contributed by atoms with E-state index in [1.165, 1.54) is 0 Å². The Morgan fingerprint density at radius 1 is 0.941 bits per heavy atom. The summed E-state index contributed by atoms with van der Waals surface area (Å²) in [5, 5.41) is 13.2. The Bertz CT molecular complexity index is 482. The number of aromatic hydroxyl groups is 1. The SMILES string of the molecule is Oc1ccc(CNCc2cccc(Cl)c2)cc1. The number of halogens is 1. The summed E-state index contributed by atoms with van der Waals surface area (Å²) in [6.45, 7) is 1.55. The van der Waals surface area contributed by atoms with Gasteiger partial charge in [0.05, 0.1) is 0 Å². The van der Waals surface area contributed by atoms with Gasteiger partial charge in [-0.05, 0) is 35.4 Å². The highest BCUT2D eigenvalue weighted by Crippen LogP contribution is 2.11. The predicted molar refractivity (Wildman–Crippen MR) is 70.1 cm³/mol. The van der Waals surface area contributed by atoms with Crippen molar-refractivity contribution in [1.82, 2.24) is 5.32 Å². The summed E-state index contributed by atoms with van der Waals surface area (Å²) in [6.07, 6.45) is 0. The minimum absolute atomic E-state index is 0.295. The van der Waals surface area contributed by atoms with E-state index in [0.717, 1.165) is 29.2 Å². The molecular formula is C14H14ClNO. The predicted octanol–water partition coefficient (Wildman–Crippen LogP) is 3.34. The van der Waals surface area contributed by atoms with E-state index in [1.807, 2.05) is 36.4 Å². The lowest BCUT2D eigenvalue weighted by Crippen LogP contribution is -2.12. The molecule has 0 saturated heterocycles. The zero-order valence-corrected chi connectivity index (χ0v) is 10.1. The Morgan fingerprint density at radius 2 is 1.65 bits per heavy atom. The molecule has 88 valence electrons. The van der Waals surface area contributed by atoms with Crippen molar-refractivity contribution < 1.29 is 5.11 Å². The lowest BCUT2D eigenvalue weighted by Gasteiger charge is -2.05. The van der Waals surface area contributed by atoms with E-state index in [9.17, 15) is 0 Å². The van der Waals surface area contributed by atoms with Gasteiger partial charge < -0.3 is 10.4 Å². The average Bonchev–Trinajstić information content (AvgIpc) is 2.32. The van der Waals surface area contributed by atoms with Gasteiger partial charge in [-0.15, -0.1) is 0 Å². The molecule has 17 heavy (non-hydrogen) atoms. The third kappa shape index (κ3) is 3.77. The highest BCUT2D eigenvalue weighted by atomic mass is 35.5. The van der Waals surface area contributed by atoms with E-state index in [1.54, 1.807) is 12.1 Å². The molecule has 2 aromatic rings. The zero-order chi connectivity index (χ0) is 12.1. The summed E-state index contributed by atoms with van der Waals surface area (Å²) < 4.78 is 0. The van der Waals surface area contributed by atoms with Gasteiger partial charge in [0.15, 0.2) is 0 Å². The molecule has 0 heterocycles. The van der Waals surface area contributed by atoms with E-state index in [4.69, 9.17) is 16.7 Å². The van der Waals surface area contributed by atoms with Gasteiger partial charge in [0.2, 0.25) is 0 Å². The normalized spacial score (nSPS) is 10.4. The maximum absolute atomic E-state index is 9.16. The van der Waals surface area contributed by atoms with Gasteiger partial charge in [0, 0.05) is 18.1 Å². The third-order valence-electron chi connectivity index (χ3n) is 2.48. The largest absolute Gasteiger partial charge is 0.508 e. The first-order valence-electron chi connectivity index (χ1n) is 5.47. The lowest BCUT2D eigenvalue weighted by atomic mass is 10.2. The van der Waals surface area contributed by atoms with Crippen LogP contribution in [0.15, 0.2) is 48.5 Å². The number of hydrogen-bond donors (Lipinski definition) is 2. The van der Waals surface area contributed by atoms with Crippen LogP contribution in [-0.2, 0) is 13.1 Å². The Morgan fingerprint density at radius 3 is 2.35 bits per heavy atom. The minimum atomic E-state index is 0.295. The number of hydrogen-bond acceptors (Lipinski definition) is 2. The Balaban J connectivity index is 1.85. The van der Waals surface area contributed by atoms with Gasteiger partial charge in [-0.2, -0.15) is 0 Å². The summed E-state index contributed by atoms with van der Waals surface area (Å²) >= 11 is 5.90. The molecule has 0 fully saturated rings. The first-order valence-corrected chi connectivity index (χ1v) is 5.85. The first kappa shape index (κ1) is 12.0. The molecule has 3 heteroatoms. The monoisotopic (exact) mass is 247 g/mol. The Labute approximate surface area is 106 Å². The molecule has 2 aromatic carbocycles. The number of rotatable bonds is 4. The number of nitrogens with one attached hydrogen (secondary N) is 1. The van der Waals surface area contributed by atoms with Crippen molar-refractivity contribution in [2.45, 2.75) is 13.1 Å². The molecule has 0 bridgehead atoms. The van der Waals surface area contributed by atoms with Crippen LogP contribution in [0.2, 0.25) is 5.02 Å². The van der Waals surface area contributed by atoms with Crippen LogP contribution in [0.25, 0.3) is 0 Å². The quantitative estimate of drug-likeness (QED) is 0.869. The molecule has 0 unspecified atom stereocenters. The van der Waals surface area contributed by atoms with E-state index >= 15 is 0 Å². The fraction of sp³-hybridized carbons (Fsp3) is 0.143. The molecule has 2 rings (SSSR count). The van der Waals surface area contributed by atoms with Crippen LogP contribution in [0, 0.1) is 0 Å². The second-order valence-electron chi connectivity index (χ2n) is 3.90. The third-order valence-corrected chi connectivity index (χ3v) is 2.72. The zero-order valence-electron chi connectivity index (χ0n) is 9.36. The molecular weight excluding hydrogens is 234 g/mol. The van der Waals surface area contributed by atoms with E-state index in [0.29, 0.717) is 5.75 Å². The highest BCUT2D eigenvalue weighted by Gasteiger charge is 1.95. The maximum atomic E-state index is 9.16. The van der Waals surface area contributed by atoms with Crippen molar-refractivity contribution >= 4 is 11.6 Å². The Hall–Kier alpha value is -1.51. The van der Waals surface area contributed by atoms with Gasteiger partial charge in [0.1, 0.15) is 5.75 Å². The van der Waals surface area contributed by atoms with Crippen molar-refractivity contribution in [2.75, 3.05) is 0 Å². The van der Waals surface area contributed by atoms with Crippen molar-refractivity contribution in [3.8, 4) is 5.75 Å². The van der Waals surface area contributed by atoms with Crippen molar-refractivity contribution in [3.05, 3.63) is 64.7 Å². The van der Waals surface area contributed by atoms with Gasteiger partial charge >= 0.3 is 0 Å². The van der Waals surface area contributed by atoms with Gasteiger partial charge in [-0.3, -0.25) is 0 Å². The van der Waals surface area contributed by atoms with Gasteiger partial charge in [0.25, 0.3) is 0 Å². The van der Waals surface area contributed by atoms with Crippen LogP contribution in [0.5, 0.6) is 5.75 Å². The minimum Gasteiger partial charge on any atom is -0.508 e. The Kier molecular flexibility index (Phi) is 4.02. The molecule has 0 aliphatic rings. The average molecular weight is 248 g/mol. The second kappa shape index (κ2) is 5.71. The highest BCUT2D eigenvalue weighted by molar-refractivity contribution is 6.30. The van der Waals surface area contributed by atoms with Crippen molar-refractivity contribution in [2.24, 2.45) is 0 Å². The molecule has 0 radical (unpaired) electrons. The van der Waals surface area contributed by atoms with Crippen molar-refractivity contribution in [3.63, 3.8) is 0 Å². The second-order valence-corrected chi connectivity index (χ2v) is 4.34.